The summed E-state index contributed by atoms with van der Waals surface area (Å²) in [4.78, 5) is 0. The largest absolute Gasteiger partial charge is 0.314 e. The summed E-state index contributed by atoms with van der Waals surface area (Å²) in [6.45, 7) is 5.53. The molecule has 74 valence electrons. The molecule has 3 atom stereocenters. The van der Waals surface area contributed by atoms with Gasteiger partial charge in [-0.2, -0.15) is 0 Å². The highest BCUT2D eigenvalue weighted by Gasteiger charge is 2.19. The van der Waals surface area contributed by atoms with Crippen molar-refractivity contribution in [3.05, 3.63) is 12.2 Å². The predicted molar refractivity (Wildman–Crippen MR) is 54.8 cm³/mol. The lowest BCUT2D eigenvalue weighted by Crippen LogP contribution is -2.50. The molecule has 0 radical (unpaired) electrons. The summed E-state index contributed by atoms with van der Waals surface area (Å²) in [5, 5.41) is 10.5. The van der Waals surface area contributed by atoms with Gasteiger partial charge in [0, 0.05) is 37.8 Å². The number of hydrogen-bond acceptors (Lipinski definition) is 3. The maximum Gasteiger partial charge on any atom is 0.0271 e. The molecular weight excluding hydrogens is 162 g/mol. The summed E-state index contributed by atoms with van der Waals surface area (Å²) >= 11 is 0. The fourth-order valence-electron chi connectivity index (χ4n) is 2.08. The van der Waals surface area contributed by atoms with Crippen molar-refractivity contribution >= 4 is 0 Å². The van der Waals surface area contributed by atoms with Gasteiger partial charge in [0.1, 0.15) is 0 Å². The lowest BCUT2D eigenvalue weighted by molar-refractivity contribution is 0.373. The van der Waals surface area contributed by atoms with E-state index in [-0.39, 0.29) is 0 Å². The zero-order valence-corrected chi connectivity index (χ0v) is 8.22. The first-order chi connectivity index (χ1) is 6.34. The van der Waals surface area contributed by atoms with E-state index in [0.29, 0.717) is 18.1 Å². The summed E-state index contributed by atoms with van der Waals surface area (Å²) in [5.74, 6) is 0. The first-order valence-corrected chi connectivity index (χ1v) is 5.23. The van der Waals surface area contributed by atoms with E-state index in [1.54, 1.807) is 0 Å². The summed E-state index contributed by atoms with van der Waals surface area (Å²) in [6, 6.07) is 1.77. The van der Waals surface area contributed by atoms with Crippen LogP contribution in [0.1, 0.15) is 13.3 Å². The van der Waals surface area contributed by atoms with E-state index in [9.17, 15) is 0 Å². The third-order valence-corrected chi connectivity index (χ3v) is 2.77. The Morgan fingerprint density at radius 2 is 2.23 bits per heavy atom. The van der Waals surface area contributed by atoms with E-state index in [0.717, 1.165) is 19.6 Å². The lowest BCUT2D eigenvalue weighted by Gasteiger charge is -2.26. The van der Waals surface area contributed by atoms with Crippen molar-refractivity contribution in [2.45, 2.75) is 31.5 Å². The number of hydrogen-bond donors (Lipinski definition) is 3. The summed E-state index contributed by atoms with van der Waals surface area (Å²) in [7, 11) is 0. The van der Waals surface area contributed by atoms with Crippen molar-refractivity contribution in [3.8, 4) is 0 Å². The topological polar surface area (TPSA) is 36.1 Å². The molecule has 3 unspecified atom stereocenters. The summed E-state index contributed by atoms with van der Waals surface area (Å²) in [5.41, 5.74) is 0. The van der Waals surface area contributed by atoms with Crippen LogP contribution >= 0.6 is 0 Å². The molecule has 0 saturated carbocycles. The fraction of sp³-hybridized carbons (Fsp3) is 0.800. The highest BCUT2D eigenvalue weighted by atomic mass is 15.1. The molecular formula is C10H19N3. The third-order valence-electron chi connectivity index (χ3n) is 2.77. The first-order valence-electron chi connectivity index (χ1n) is 5.23. The zero-order chi connectivity index (χ0) is 9.10. The fourth-order valence-corrected chi connectivity index (χ4v) is 2.08. The molecule has 2 heterocycles. The number of rotatable bonds is 2. The SMILES string of the molecule is CC1C=CC(CC2CNCCN2)N1. The molecule has 3 heteroatoms. The van der Waals surface area contributed by atoms with E-state index in [1.165, 1.54) is 6.42 Å². The molecule has 3 N–H and O–H groups in total. The van der Waals surface area contributed by atoms with Gasteiger partial charge in [0.25, 0.3) is 0 Å². The van der Waals surface area contributed by atoms with Crippen molar-refractivity contribution in [2.24, 2.45) is 0 Å². The average Bonchev–Trinajstić information content (AvgIpc) is 2.53. The minimum atomic E-state index is 0.557. The van der Waals surface area contributed by atoms with Crippen molar-refractivity contribution < 1.29 is 0 Å². The van der Waals surface area contributed by atoms with Gasteiger partial charge in [-0.25, -0.2) is 0 Å². The van der Waals surface area contributed by atoms with Crippen molar-refractivity contribution in [3.63, 3.8) is 0 Å². The summed E-state index contributed by atoms with van der Waals surface area (Å²) < 4.78 is 0. The molecule has 0 bridgehead atoms. The Balaban J connectivity index is 1.74. The van der Waals surface area contributed by atoms with Gasteiger partial charge in [-0.05, 0) is 13.3 Å². The normalized spacial score (nSPS) is 39.6. The second kappa shape index (κ2) is 4.22. The van der Waals surface area contributed by atoms with Crippen LogP contribution in [0.5, 0.6) is 0 Å². The van der Waals surface area contributed by atoms with Gasteiger partial charge in [0.2, 0.25) is 0 Å². The van der Waals surface area contributed by atoms with Crippen molar-refractivity contribution in [1.82, 2.24) is 16.0 Å². The second-order valence-electron chi connectivity index (χ2n) is 4.04. The van der Waals surface area contributed by atoms with Gasteiger partial charge in [-0.1, -0.05) is 12.2 Å². The minimum Gasteiger partial charge on any atom is -0.314 e. The molecule has 0 aromatic carbocycles. The maximum absolute atomic E-state index is 3.52. The van der Waals surface area contributed by atoms with E-state index >= 15 is 0 Å². The van der Waals surface area contributed by atoms with Crippen molar-refractivity contribution in [2.75, 3.05) is 19.6 Å². The molecule has 0 aromatic rings. The quantitative estimate of drug-likeness (QED) is 0.519. The molecule has 1 fully saturated rings. The van der Waals surface area contributed by atoms with Crippen LogP contribution < -0.4 is 16.0 Å². The monoisotopic (exact) mass is 181 g/mol. The van der Waals surface area contributed by atoms with Gasteiger partial charge in [0.15, 0.2) is 0 Å². The first kappa shape index (κ1) is 9.19. The highest BCUT2D eigenvalue weighted by molar-refractivity contribution is 5.08. The number of piperazine rings is 1. The van der Waals surface area contributed by atoms with E-state index in [2.05, 4.69) is 35.0 Å². The molecule has 2 aliphatic rings. The molecule has 0 aromatic heterocycles. The van der Waals surface area contributed by atoms with Gasteiger partial charge in [0.05, 0.1) is 0 Å². The minimum absolute atomic E-state index is 0.557. The van der Waals surface area contributed by atoms with Crippen LogP contribution in [0.15, 0.2) is 12.2 Å². The molecule has 1 saturated heterocycles. The lowest BCUT2D eigenvalue weighted by atomic mass is 10.1. The van der Waals surface area contributed by atoms with E-state index < -0.39 is 0 Å². The van der Waals surface area contributed by atoms with Crippen LogP contribution in [0.2, 0.25) is 0 Å². The van der Waals surface area contributed by atoms with Crippen LogP contribution in [0, 0.1) is 0 Å². The molecule has 13 heavy (non-hydrogen) atoms. The summed E-state index contributed by atoms with van der Waals surface area (Å²) in [6.07, 6.45) is 5.75. The Morgan fingerprint density at radius 3 is 2.85 bits per heavy atom. The van der Waals surface area contributed by atoms with Gasteiger partial charge >= 0.3 is 0 Å². The average molecular weight is 181 g/mol. The molecule has 0 aliphatic carbocycles. The molecule has 0 spiro atoms. The smallest absolute Gasteiger partial charge is 0.0271 e. The number of nitrogens with one attached hydrogen (secondary N) is 3. The Morgan fingerprint density at radius 1 is 1.31 bits per heavy atom. The third kappa shape index (κ3) is 2.53. The Kier molecular flexibility index (Phi) is 2.98. The van der Waals surface area contributed by atoms with Crippen LogP contribution in [-0.2, 0) is 0 Å². The standard InChI is InChI=1S/C10H19N3/c1-8-2-3-9(13-8)6-10-7-11-4-5-12-10/h2-3,8-13H,4-7H2,1H3. The Hall–Kier alpha value is -0.380. The maximum atomic E-state index is 3.52. The van der Waals surface area contributed by atoms with Crippen LogP contribution in [-0.4, -0.2) is 37.8 Å². The van der Waals surface area contributed by atoms with Crippen LogP contribution in [0.3, 0.4) is 0 Å². The Labute approximate surface area is 80.0 Å². The second-order valence-corrected chi connectivity index (χ2v) is 4.04. The van der Waals surface area contributed by atoms with E-state index in [1.807, 2.05) is 0 Å². The molecule has 0 amide bonds. The van der Waals surface area contributed by atoms with Crippen LogP contribution in [0.4, 0.5) is 0 Å². The molecule has 2 aliphatic heterocycles. The molecule has 2 rings (SSSR count). The molecule has 3 nitrogen and oxygen atoms in total. The van der Waals surface area contributed by atoms with Gasteiger partial charge in [-0.3, -0.25) is 0 Å². The van der Waals surface area contributed by atoms with Crippen LogP contribution in [0.25, 0.3) is 0 Å². The Bertz CT molecular complexity index is 185. The highest BCUT2D eigenvalue weighted by Crippen LogP contribution is 2.08. The predicted octanol–water partition coefficient (Wildman–Crippen LogP) is -0.146. The zero-order valence-electron chi connectivity index (χ0n) is 8.22. The van der Waals surface area contributed by atoms with E-state index in [4.69, 9.17) is 0 Å². The van der Waals surface area contributed by atoms with Gasteiger partial charge in [-0.15, -0.1) is 0 Å². The van der Waals surface area contributed by atoms with Gasteiger partial charge < -0.3 is 16.0 Å². The van der Waals surface area contributed by atoms with Crippen molar-refractivity contribution in [1.29, 1.82) is 0 Å².